The van der Waals surface area contributed by atoms with Crippen LogP contribution in [-0.2, 0) is 16.1 Å². The van der Waals surface area contributed by atoms with Crippen LogP contribution in [0.5, 0.6) is 5.75 Å². The van der Waals surface area contributed by atoms with Crippen molar-refractivity contribution >= 4 is 34.3 Å². The van der Waals surface area contributed by atoms with Gasteiger partial charge < -0.3 is 18.9 Å². The normalized spacial score (nSPS) is 11.0. The number of fused-ring (bicyclic) bond motifs is 1. The van der Waals surface area contributed by atoms with E-state index in [0.29, 0.717) is 21.5 Å². The lowest BCUT2D eigenvalue weighted by atomic mass is 10.1. The van der Waals surface area contributed by atoms with Crippen LogP contribution in [0.2, 0.25) is 5.02 Å². The Morgan fingerprint density at radius 3 is 2.80 bits per heavy atom. The second-order valence-electron chi connectivity index (χ2n) is 5.38. The van der Waals surface area contributed by atoms with Gasteiger partial charge in [0.15, 0.2) is 11.5 Å². The van der Waals surface area contributed by atoms with Crippen molar-refractivity contribution in [1.82, 2.24) is 4.98 Å². The number of nitrogens with one attached hydrogen (secondary N) is 1. The number of esters is 1. The second kappa shape index (κ2) is 7.13. The molecule has 1 N–H and O–H groups in total. The fourth-order valence-electron chi connectivity index (χ4n) is 2.51. The quantitative estimate of drug-likeness (QED) is 0.528. The molecular formula is C18H16ClNO5. The van der Waals surface area contributed by atoms with Gasteiger partial charge in [0.25, 0.3) is 0 Å². The van der Waals surface area contributed by atoms with E-state index < -0.39 is 11.8 Å². The fraction of sp³-hybridized carbons (Fsp3) is 0.222. The summed E-state index contributed by atoms with van der Waals surface area (Å²) < 4.78 is 15.8. The summed E-state index contributed by atoms with van der Waals surface area (Å²) in [6, 6.07) is 6.68. The standard InChI is InChI=1S/C18H16ClNO5/c1-3-14(21)25-18-12-5-4-11(19)8-13(12)20-15(18)16(22)17-10(9-23-2)6-7-24-17/h4-8,20H,3,9H2,1-2H3. The first-order chi connectivity index (χ1) is 12.0. The maximum Gasteiger partial charge on any atom is 0.310 e. The molecule has 0 saturated carbocycles. The van der Waals surface area contributed by atoms with E-state index in [2.05, 4.69) is 4.98 Å². The van der Waals surface area contributed by atoms with Crippen molar-refractivity contribution in [2.75, 3.05) is 7.11 Å². The number of carbonyl (C=O) groups excluding carboxylic acids is 2. The summed E-state index contributed by atoms with van der Waals surface area (Å²) in [4.78, 5) is 27.7. The maximum absolute atomic E-state index is 12.9. The Bertz CT molecular complexity index is 940. The van der Waals surface area contributed by atoms with Gasteiger partial charge in [0.05, 0.1) is 18.4 Å². The molecule has 0 radical (unpaired) electrons. The highest BCUT2D eigenvalue weighted by Gasteiger charge is 2.26. The number of carbonyl (C=O) groups is 2. The third-order valence-electron chi connectivity index (χ3n) is 3.70. The molecule has 0 saturated heterocycles. The molecule has 0 aliphatic rings. The van der Waals surface area contributed by atoms with Crippen LogP contribution in [0, 0.1) is 0 Å². The van der Waals surface area contributed by atoms with Gasteiger partial charge in [0.1, 0.15) is 5.69 Å². The number of hydrogen-bond donors (Lipinski definition) is 1. The van der Waals surface area contributed by atoms with Gasteiger partial charge in [0, 0.05) is 29.5 Å². The molecule has 7 heteroatoms. The minimum atomic E-state index is -0.443. The summed E-state index contributed by atoms with van der Waals surface area (Å²) in [7, 11) is 1.53. The Hall–Kier alpha value is -2.57. The monoisotopic (exact) mass is 361 g/mol. The number of ketones is 1. The van der Waals surface area contributed by atoms with Gasteiger partial charge in [-0.15, -0.1) is 0 Å². The zero-order valence-electron chi connectivity index (χ0n) is 13.7. The third-order valence-corrected chi connectivity index (χ3v) is 3.93. The van der Waals surface area contributed by atoms with E-state index in [-0.39, 0.29) is 30.2 Å². The first-order valence-corrected chi connectivity index (χ1v) is 8.04. The van der Waals surface area contributed by atoms with Crippen LogP contribution in [0.1, 0.15) is 35.2 Å². The van der Waals surface area contributed by atoms with E-state index >= 15 is 0 Å². The summed E-state index contributed by atoms with van der Waals surface area (Å²) in [6.07, 6.45) is 1.60. The van der Waals surface area contributed by atoms with E-state index in [1.165, 1.54) is 13.4 Å². The van der Waals surface area contributed by atoms with E-state index in [9.17, 15) is 9.59 Å². The van der Waals surface area contributed by atoms with E-state index in [1.807, 2.05) is 0 Å². The molecule has 0 bridgehead atoms. The van der Waals surface area contributed by atoms with Crippen molar-refractivity contribution in [3.05, 3.63) is 52.6 Å². The smallest absolute Gasteiger partial charge is 0.310 e. The molecule has 3 rings (SSSR count). The molecule has 0 amide bonds. The molecule has 1 aromatic carbocycles. The first kappa shape index (κ1) is 17.3. The molecule has 2 heterocycles. The number of aromatic amines is 1. The van der Waals surface area contributed by atoms with Crippen LogP contribution in [0.25, 0.3) is 10.9 Å². The number of benzene rings is 1. The Morgan fingerprint density at radius 1 is 1.28 bits per heavy atom. The summed E-state index contributed by atoms with van der Waals surface area (Å²) in [6.45, 7) is 1.91. The van der Waals surface area contributed by atoms with Gasteiger partial charge in [-0.05, 0) is 24.3 Å². The number of methoxy groups -OCH3 is 1. The van der Waals surface area contributed by atoms with Crippen LogP contribution >= 0.6 is 11.6 Å². The number of halogens is 1. The molecule has 0 spiro atoms. The lowest BCUT2D eigenvalue weighted by molar-refractivity contribution is -0.133. The number of rotatable bonds is 6. The van der Waals surface area contributed by atoms with Gasteiger partial charge in [-0.3, -0.25) is 9.59 Å². The highest BCUT2D eigenvalue weighted by Crippen LogP contribution is 2.34. The highest BCUT2D eigenvalue weighted by atomic mass is 35.5. The molecule has 3 aromatic rings. The van der Waals surface area contributed by atoms with Crippen LogP contribution in [-0.4, -0.2) is 23.8 Å². The van der Waals surface area contributed by atoms with E-state index in [0.717, 1.165) is 0 Å². The number of aromatic nitrogens is 1. The Labute approximate surface area is 148 Å². The van der Waals surface area contributed by atoms with Crippen molar-refractivity contribution in [2.24, 2.45) is 0 Å². The molecule has 0 fully saturated rings. The second-order valence-corrected chi connectivity index (χ2v) is 5.82. The molecule has 0 unspecified atom stereocenters. The fourth-order valence-corrected chi connectivity index (χ4v) is 2.69. The molecule has 0 atom stereocenters. The summed E-state index contributed by atoms with van der Waals surface area (Å²) >= 11 is 6.01. The lowest BCUT2D eigenvalue weighted by Crippen LogP contribution is -2.10. The van der Waals surface area contributed by atoms with E-state index in [4.69, 9.17) is 25.5 Å². The highest BCUT2D eigenvalue weighted by molar-refractivity contribution is 6.31. The summed E-state index contributed by atoms with van der Waals surface area (Å²) in [5.74, 6) is -0.568. The average molecular weight is 362 g/mol. The molecule has 6 nitrogen and oxygen atoms in total. The summed E-state index contributed by atoms with van der Waals surface area (Å²) in [5.41, 5.74) is 1.33. The van der Waals surface area contributed by atoms with Crippen LogP contribution < -0.4 is 4.74 Å². The zero-order valence-corrected chi connectivity index (χ0v) is 14.5. The predicted molar refractivity (Wildman–Crippen MR) is 92.1 cm³/mol. The van der Waals surface area contributed by atoms with Crippen LogP contribution in [0.3, 0.4) is 0 Å². The molecular weight excluding hydrogens is 346 g/mol. The minimum absolute atomic E-state index is 0.131. The lowest BCUT2D eigenvalue weighted by Gasteiger charge is -2.05. The van der Waals surface area contributed by atoms with E-state index in [1.54, 1.807) is 31.2 Å². The van der Waals surface area contributed by atoms with Crippen molar-refractivity contribution in [3.63, 3.8) is 0 Å². The Kier molecular flexibility index (Phi) is 4.92. The molecule has 2 aromatic heterocycles. The first-order valence-electron chi connectivity index (χ1n) is 7.67. The van der Waals surface area contributed by atoms with Gasteiger partial charge in [-0.2, -0.15) is 0 Å². The van der Waals surface area contributed by atoms with Crippen LogP contribution in [0.4, 0.5) is 0 Å². The predicted octanol–water partition coefficient (Wildman–Crippen LogP) is 4.11. The maximum atomic E-state index is 12.9. The largest absolute Gasteiger partial charge is 0.460 e. The molecule has 0 aliphatic heterocycles. The summed E-state index contributed by atoms with van der Waals surface area (Å²) in [5, 5.41) is 1.09. The average Bonchev–Trinajstić information content (AvgIpc) is 3.19. The Morgan fingerprint density at radius 2 is 2.08 bits per heavy atom. The molecule has 130 valence electrons. The number of H-pyrrole nitrogens is 1. The van der Waals surface area contributed by atoms with Gasteiger partial charge in [0.2, 0.25) is 5.78 Å². The molecule has 0 aliphatic carbocycles. The SMILES string of the molecule is CCC(=O)Oc1c(C(=O)c2occc2COC)[nH]c2cc(Cl)ccc12. The number of hydrogen-bond acceptors (Lipinski definition) is 5. The topological polar surface area (TPSA) is 81.5 Å². The van der Waals surface area contributed by atoms with Crippen LogP contribution in [0.15, 0.2) is 34.9 Å². The van der Waals surface area contributed by atoms with Gasteiger partial charge >= 0.3 is 5.97 Å². The zero-order chi connectivity index (χ0) is 18.0. The van der Waals surface area contributed by atoms with Crippen molar-refractivity contribution in [1.29, 1.82) is 0 Å². The molecule has 25 heavy (non-hydrogen) atoms. The number of ether oxygens (including phenoxy) is 2. The third kappa shape index (κ3) is 3.31. The minimum Gasteiger partial charge on any atom is -0.460 e. The Balaban J connectivity index is 2.13. The van der Waals surface area contributed by atoms with Gasteiger partial charge in [-0.1, -0.05) is 18.5 Å². The van der Waals surface area contributed by atoms with Crippen molar-refractivity contribution < 1.29 is 23.5 Å². The van der Waals surface area contributed by atoms with Crippen molar-refractivity contribution in [2.45, 2.75) is 20.0 Å². The van der Waals surface area contributed by atoms with Crippen molar-refractivity contribution in [3.8, 4) is 5.75 Å². The number of furan rings is 1. The van der Waals surface area contributed by atoms with Gasteiger partial charge in [-0.25, -0.2) is 0 Å².